The molecule has 1 rings (SSSR count). The molecule has 1 aromatic rings. The fourth-order valence-electron chi connectivity index (χ4n) is 0.909. The second-order valence-corrected chi connectivity index (χ2v) is 3.36. The van der Waals surface area contributed by atoms with Crippen LogP contribution in [0.1, 0.15) is 12.5 Å². The molecule has 0 fully saturated rings. The van der Waals surface area contributed by atoms with Gasteiger partial charge in [0.1, 0.15) is 6.61 Å². The van der Waals surface area contributed by atoms with E-state index in [-0.39, 0.29) is 0 Å². The van der Waals surface area contributed by atoms with Crippen molar-refractivity contribution in [3.05, 3.63) is 35.9 Å². The molecule has 13 heavy (non-hydrogen) atoms. The summed E-state index contributed by atoms with van der Waals surface area (Å²) in [5.41, 5.74) is 2.00. The van der Waals surface area contributed by atoms with E-state index in [2.05, 4.69) is 21.1 Å². The van der Waals surface area contributed by atoms with Gasteiger partial charge < -0.3 is 4.84 Å². The Morgan fingerprint density at radius 1 is 1.38 bits per heavy atom. The van der Waals surface area contributed by atoms with E-state index in [0.29, 0.717) is 6.61 Å². The second kappa shape index (κ2) is 5.75. The van der Waals surface area contributed by atoms with Crippen LogP contribution in [0.5, 0.6) is 0 Å². The molecule has 0 N–H and O–H groups in total. The Morgan fingerprint density at radius 3 is 2.69 bits per heavy atom. The van der Waals surface area contributed by atoms with Crippen molar-refractivity contribution in [1.82, 2.24) is 0 Å². The zero-order valence-electron chi connectivity index (χ0n) is 7.53. The van der Waals surface area contributed by atoms with Gasteiger partial charge in [-0.3, -0.25) is 0 Å². The molecule has 2 nitrogen and oxygen atoms in total. The lowest BCUT2D eigenvalue weighted by atomic mass is 10.1. The zero-order chi connectivity index (χ0) is 9.52. The van der Waals surface area contributed by atoms with Crippen molar-refractivity contribution in [2.75, 3.05) is 11.9 Å². The first-order valence-corrected chi connectivity index (χ1v) is 5.24. The summed E-state index contributed by atoms with van der Waals surface area (Å²) >= 11 is 3.26. The predicted molar refractivity (Wildman–Crippen MR) is 58.4 cm³/mol. The first kappa shape index (κ1) is 10.3. The minimum atomic E-state index is 0.601. The summed E-state index contributed by atoms with van der Waals surface area (Å²) in [7, 11) is 0. The van der Waals surface area contributed by atoms with Gasteiger partial charge in [-0.25, -0.2) is 0 Å². The minimum absolute atomic E-state index is 0.601. The number of oxime groups is 1. The van der Waals surface area contributed by atoms with E-state index < -0.39 is 0 Å². The third kappa shape index (κ3) is 3.59. The van der Waals surface area contributed by atoms with Crippen LogP contribution in [0.2, 0.25) is 0 Å². The van der Waals surface area contributed by atoms with Crippen LogP contribution in [-0.2, 0) is 4.84 Å². The number of hydrogen-bond acceptors (Lipinski definition) is 2. The van der Waals surface area contributed by atoms with Gasteiger partial charge in [0, 0.05) is 5.33 Å². The Hall–Kier alpha value is -0.830. The van der Waals surface area contributed by atoms with Crippen molar-refractivity contribution in [2.24, 2.45) is 5.16 Å². The summed E-state index contributed by atoms with van der Waals surface area (Å²) in [6.07, 6.45) is 0. The fraction of sp³-hybridized carbons (Fsp3) is 0.300. The average molecular weight is 242 g/mol. The standard InChI is InChI=1S/C10H12BrNO/c1-9(12-13-8-7-11)10-5-3-2-4-6-10/h2-6H,7-8H2,1H3. The number of benzene rings is 1. The molecule has 0 saturated carbocycles. The Kier molecular flexibility index (Phi) is 4.54. The molecule has 0 saturated heterocycles. The highest BCUT2D eigenvalue weighted by atomic mass is 79.9. The van der Waals surface area contributed by atoms with Gasteiger partial charge in [0.15, 0.2) is 0 Å². The first-order chi connectivity index (χ1) is 6.34. The maximum atomic E-state index is 5.04. The molecular formula is C10H12BrNO. The van der Waals surface area contributed by atoms with Crippen molar-refractivity contribution in [1.29, 1.82) is 0 Å². The molecule has 3 heteroatoms. The molecule has 0 unspecified atom stereocenters. The molecule has 0 spiro atoms. The van der Waals surface area contributed by atoms with Crippen molar-refractivity contribution >= 4 is 21.6 Å². The van der Waals surface area contributed by atoms with E-state index in [9.17, 15) is 0 Å². The van der Waals surface area contributed by atoms with Gasteiger partial charge in [-0.2, -0.15) is 0 Å². The summed E-state index contributed by atoms with van der Waals surface area (Å²) in [6.45, 7) is 2.54. The number of nitrogens with zero attached hydrogens (tertiary/aromatic N) is 1. The van der Waals surface area contributed by atoms with Crippen molar-refractivity contribution in [3.8, 4) is 0 Å². The van der Waals surface area contributed by atoms with Crippen molar-refractivity contribution in [2.45, 2.75) is 6.92 Å². The highest BCUT2D eigenvalue weighted by Crippen LogP contribution is 2.00. The number of alkyl halides is 1. The highest BCUT2D eigenvalue weighted by molar-refractivity contribution is 9.09. The van der Waals surface area contributed by atoms with Crippen molar-refractivity contribution < 1.29 is 4.84 Å². The van der Waals surface area contributed by atoms with Crippen LogP contribution < -0.4 is 0 Å². The van der Waals surface area contributed by atoms with E-state index in [1.54, 1.807) is 0 Å². The Labute approximate surface area is 86.7 Å². The Bertz CT molecular complexity index is 272. The quantitative estimate of drug-likeness (QED) is 0.344. The topological polar surface area (TPSA) is 21.6 Å². The molecule has 0 aliphatic heterocycles. The predicted octanol–water partition coefficient (Wildman–Crippen LogP) is 2.82. The average Bonchev–Trinajstić information content (AvgIpc) is 2.19. The van der Waals surface area contributed by atoms with Gasteiger partial charge in [0.25, 0.3) is 0 Å². The third-order valence-electron chi connectivity index (χ3n) is 1.56. The van der Waals surface area contributed by atoms with Gasteiger partial charge in [-0.15, -0.1) is 0 Å². The normalized spacial score (nSPS) is 11.4. The van der Waals surface area contributed by atoms with E-state index in [4.69, 9.17) is 4.84 Å². The molecular weight excluding hydrogens is 230 g/mol. The third-order valence-corrected chi connectivity index (χ3v) is 1.89. The molecule has 70 valence electrons. The molecule has 0 radical (unpaired) electrons. The molecule has 0 amide bonds. The summed E-state index contributed by atoms with van der Waals surface area (Å²) < 4.78 is 0. The Balaban J connectivity index is 2.57. The molecule has 0 atom stereocenters. The van der Waals surface area contributed by atoms with Crippen LogP contribution >= 0.6 is 15.9 Å². The molecule has 0 aromatic heterocycles. The van der Waals surface area contributed by atoms with Crippen LogP contribution in [0, 0.1) is 0 Å². The zero-order valence-corrected chi connectivity index (χ0v) is 9.12. The second-order valence-electron chi connectivity index (χ2n) is 2.56. The van der Waals surface area contributed by atoms with Crippen LogP contribution in [0.3, 0.4) is 0 Å². The van der Waals surface area contributed by atoms with Gasteiger partial charge in [0.2, 0.25) is 0 Å². The summed E-state index contributed by atoms with van der Waals surface area (Å²) in [6, 6.07) is 9.97. The molecule has 0 aliphatic carbocycles. The smallest absolute Gasteiger partial charge is 0.126 e. The van der Waals surface area contributed by atoms with Crippen molar-refractivity contribution in [3.63, 3.8) is 0 Å². The van der Waals surface area contributed by atoms with Crippen LogP contribution in [0.4, 0.5) is 0 Å². The van der Waals surface area contributed by atoms with E-state index in [1.807, 2.05) is 37.3 Å². The van der Waals surface area contributed by atoms with Crippen LogP contribution in [0.25, 0.3) is 0 Å². The van der Waals surface area contributed by atoms with E-state index in [1.165, 1.54) is 0 Å². The van der Waals surface area contributed by atoms with Crippen LogP contribution in [0.15, 0.2) is 35.5 Å². The van der Waals surface area contributed by atoms with Gasteiger partial charge in [-0.05, 0) is 12.5 Å². The molecule has 0 aliphatic rings. The van der Waals surface area contributed by atoms with E-state index in [0.717, 1.165) is 16.6 Å². The molecule has 0 bridgehead atoms. The number of hydrogen-bond donors (Lipinski definition) is 0. The fourth-order valence-corrected chi connectivity index (χ4v) is 1.05. The summed E-state index contributed by atoms with van der Waals surface area (Å²) in [4.78, 5) is 5.04. The monoisotopic (exact) mass is 241 g/mol. The van der Waals surface area contributed by atoms with Gasteiger partial charge >= 0.3 is 0 Å². The Morgan fingerprint density at radius 2 is 2.08 bits per heavy atom. The lowest BCUT2D eigenvalue weighted by Gasteiger charge is -1.99. The van der Waals surface area contributed by atoms with Gasteiger partial charge in [0.05, 0.1) is 5.71 Å². The summed E-state index contributed by atoms with van der Waals surface area (Å²) in [5, 5.41) is 4.77. The maximum absolute atomic E-state index is 5.04. The highest BCUT2D eigenvalue weighted by Gasteiger charge is 1.94. The number of rotatable bonds is 4. The lowest BCUT2D eigenvalue weighted by Crippen LogP contribution is -1.97. The largest absolute Gasteiger partial charge is 0.395 e. The first-order valence-electron chi connectivity index (χ1n) is 4.12. The SMILES string of the molecule is CC(=NOCCBr)c1ccccc1. The van der Waals surface area contributed by atoms with E-state index >= 15 is 0 Å². The number of halogens is 1. The molecule has 0 heterocycles. The summed E-state index contributed by atoms with van der Waals surface area (Å²) in [5.74, 6) is 0. The van der Waals surface area contributed by atoms with Gasteiger partial charge in [-0.1, -0.05) is 51.4 Å². The van der Waals surface area contributed by atoms with Crippen LogP contribution in [-0.4, -0.2) is 17.6 Å². The lowest BCUT2D eigenvalue weighted by molar-refractivity contribution is 0.162. The molecule has 1 aromatic carbocycles. The minimum Gasteiger partial charge on any atom is -0.395 e. The maximum Gasteiger partial charge on any atom is 0.126 e.